The summed E-state index contributed by atoms with van der Waals surface area (Å²) in [5, 5.41) is 16.8. The van der Waals surface area contributed by atoms with Crippen LogP contribution in [0.3, 0.4) is 0 Å². The van der Waals surface area contributed by atoms with Gasteiger partial charge in [0.15, 0.2) is 16.1 Å². The Morgan fingerprint density at radius 3 is 2.70 bits per heavy atom. The van der Waals surface area contributed by atoms with Gasteiger partial charge >= 0.3 is 0 Å². The minimum absolute atomic E-state index is 0.344. The molecule has 2 N–H and O–H groups in total. The second-order valence-electron chi connectivity index (χ2n) is 2.24. The highest BCUT2D eigenvalue weighted by atomic mass is 28.2. The summed E-state index contributed by atoms with van der Waals surface area (Å²) in [6.45, 7) is 2.63. The van der Waals surface area contributed by atoms with Crippen molar-refractivity contribution in [3.8, 4) is 0 Å². The zero-order valence-electron chi connectivity index (χ0n) is 6.42. The van der Waals surface area contributed by atoms with E-state index < -0.39 is 6.29 Å². The third kappa shape index (κ3) is 8.10. The maximum Gasteiger partial charge on any atom is 0.161 e. The zero-order valence-corrected chi connectivity index (χ0v) is 7.83. The molecule has 0 aliphatic carbocycles. The number of aliphatic hydroxyl groups is 2. The van der Waals surface area contributed by atoms with Gasteiger partial charge in [-0.25, -0.2) is 0 Å². The normalized spacial score (nSPS) is 12.0. The highest BCUT2D eigenvalue weighted by Crippen LogP contribution is 1.90. The molecule has 3 nitrogen and oxygen atoms in total. The van der Waals surface area contributed by atoms with E-state index in [0.29, 0.717) is 13.0 Å². The fraction of sp³-hybridized carbons (Fsp3) is 1.00. The highest BCUT2D eigenvalue weighted by Gasteiger charge is 1.95. The summed E-state index contributed by atoms with van der Waals surface area (Å²) < 4.78 is 5.20. The molecule has 0 unspecified atom stereocenters. The monoisotopic (exact) mass is 164 g/mol. The van der Waals surface area contributed by atoms with Crippen LogP contribution in [0.1, 0.15) is 19.8 Å². The maximum absolute atomic E-state index is 8.40. The third-order valence-electron chi connectivity index (χ3n) is 1.16. The lowest BCUT2D eigenvalue weighted by Gasteiger charge is -2.03. The number of aliphatic hydroxyl groups excluding tert-OH is 1. The smallest absolute Gasteiger partial charge is 0.161 e. The molecule has 0 bridgehead atoms. The van der Waals surface area contributed by atoms with Gasteiger partial charge in [0.25, 0.3) is 0 Å². The van der Waals surface area contributed by atoms with E-state index >= 15 is 0 Å². The molecule has 0 radical (unpaired) electrons. The average molecular weight is 164 g/mol. The van der Waals surface area contributed by atoms with Crippen LogP contribution >= 0.6 is 0 Å². The van der Waals surface area contributed by atoms with E-state index in [-0.39, 0.29) is 9.76 Å². The zero-order chi connectivity index (χ0) is 7.82. The lowest BCUT2D eigenvalue weighted by atomic mass is 10.5. The lowest BCUT2D eigenvalue weighted by molar-refractivity contribution is -0.0518. The molecule has 0 spiro atoms. The molecule has 0 aromatic carbocycles. The third-order valence-corrected chi connectivity index (χ3v) is 2.74. The molecule has 0 aliphatic heterocycles. The van der Waals surface area contributed by atoms with E-state index in [4.69, 9.17) is 14.6 Å². The molecule has 0 atom stereocenters. The maximum atomic E-state index is 8.40. The van der Waals surface area contributed by atoms with Gasteiger partial charge in [-0.3, -0.25) is 0 Å². The summed E-state index contributed by atoms with van der Waals surface area (Å²) in [6, 6.07) is 1.18. The summed E-state index contributed by atoms with van der Waals surface area (Å²) >= 11 is 0. The average Bonchev–Trinajstić information content (AvgIpc) is 1.87. The van der Waals surface area contributed by atoms with Crippen LogP contribution < -0.4 is 0 Å². The van der Waals surface area contributed by atoms with Crippen molar-refractivity contribution in [3.05, 3.63) is 0 Å². The van der Waals surface area contributed by atoms with Crippen molar-refractivity contribution < 1.29 is 14.6 Å². The highest BCUT2D eigenvalue weighted by molar-refractivity contribution is 6.26. The van der Waals surface area contributed by atoms with Crippen LogP contribution in [0.5, 0.6) is 0 Å². The first kappa shape index (κ1) is 10.1. The van der Waals surface area contributed by atoms with Crippen molar-refractivity contribution in [3.63, 3.8) is 0 Å². The molecule has 0 aromatic rings. The van der Waals surface area contributed by atoms with Gasteiger partial charge in [0.05, 0.1) is 0 Å². The van der Waals surface area contributed by atoms with Gasteiger partial charge in [-0.15, -0.1) is 0 Å². The minimum Gasteiger partial charge on any atom is -0.424 e. The molecule has 10 heavy (non-hydrogen) atoms. The largest absolute Gasteiger partial charge is 0.424 e. The molecule has 0 saturated heterocycles. The fourth-order valence-corrected chi connectivity index (χ4v) is 1.40. The van der Waals surface area contributed by atoms with Gasteiger partial charge < -0.3 is 14.6 Å². The van der Waals surface area contributed by atoms with E-state index in [1.54, 1.807) is 0 Å². The van der Waals surface area contributed by atoms with Gasteiger partial charge in [-0.05, 0) is 6.04 Å². The predicted octanol–water partition coefficient (Wildman–Crippen LogP) is -0.384. The molecule has 0 saturated carbocycles. The molecule has 4 heteroatoms. The molecular formula is C6H16O3Si. The van der Waals surface area contributed by atoms with Gasteiger partial charge in [0.1, 0.15) is 0 Å². The summed E-state index contributed by atoms with van der Waals surface area (Å²) in [5.41, 5.74) is 0. The molecular weight excluding hydrogens is 148 g/mol. The van der Waals surface area contributed by atoms with Crippen LogP contribution in [0.15, 0.2) is 0 Å². The molecule has 0 aliphatic rings. The Kier molecular flexibility index (Phi) is 7.28. The van der Waals surface area contributed by atoms with Crippen LogP contribution in [-0.4, -0.2) is 32.9 Å². The van der Waals surface area contributed by atoms with Crippen molar-refractivity contribution in [1.29, 1.82) is 0 Å². The standard InChI is InChI=1S/C6H16O3Si/c1-2-5-10-9-4-3-6(7)8/h6-8H,2-5,10H2,1H3. The van der Waals surface area contributed by atoms with E-state index in [1.807, 2.05) is 0 Å². The van der Waals surface area contributed by atoms with Crippen LogP contribution in [0.25, 0.3) is 0 Å². The van der Waals surface area contributed by atoms with Crippen LogP contribution in [-0.2, 0) is 4.43 Å². The number of rotatable bonds is 6. The van der Waals surface area contributed by atoms with Gasteiger partial charge in [-0.1, -0.05) is 13.3 Å². The SMILES string of the molecule is CCC[SiH2]OCCC(O)O. The Morgan fingerprint density at radius 1 is 1.50 bits per heavy atom. The molecule has 0 rings (SSSR count). The summed E-state index contributed by atoms with van der Waals surface area (Å²) in [5.74, 6) is 0. The number of hydrogen-bond acceptors (Lipinski definition) is 3. The summed E-state index contributed by atoms with van der Waals surface area (Å²) in [4.78, 5) is 0. The van der Waals surface area contributed by atoms with E-state index in [0.717, 1.165) is 0 Å². The van der Waals surface area contributed by atoms with Crippen molar-refractivity contribution in [2.24, 2.45) is 0 Å². The second-order valence-corrected chi connectivity index (χ2v) is 3.76. The first-order chi connectivity index (χ1) is 4.77. The first-order valence-electron chi connectivity index (χ1n) is 3.71. The Balaban J connectivity index is 2.77. The Bertz CT molecular complexity index is 68.0. The van der Waals surface area contributed by atoms with Crippen LogP contribution in [0.2, 0.25) is 6.04 Å². The number of hydrogen-bond donors (Lipinski definition) is 2. The summed E-state index contributed by atoms with van der Waals surface area (Å²) in [6.07, 6.45) is 0.320. The topological polar surface area (TPSA) is 49.7 Å². The first-order valence-corrected chi connectivity index (χ1v) is 5.29. The Labute approximate surface area is 64.0 Å². The minimum atomic E-state index is -1.20. The Hall–Kier alpha value is 0.0969. The van der Waals surface area contributed by atoms with E-state index in [2.05, 4.69) is 6.92 Å². The van der Waals surface area contributed by atoms with Crippen molar-refractivity contribution in [2.45, 2.75) is 32.1 Å². The molecule has 0 amide bonds. The van der Waals surface area contributed by atoms with Crippen molar-refractivity contribution in [1.82, 2.24) is 0 Å². The van der Waals surface area contributed by atoms with Gasteiger partial charge in [0, 0.05) is 13.0 Å². The summed E-state index contributed by atoms with van der Waals surface area (Å²) in [7, 11) is -0.354. The molecule has 0 fully saturated rings. The Morgan fingerprint density at radius 2 is 2.20 bits per heavy atom. The van der Waals surface area contributed by atoms with Gasteiger partial charge in [-0.2, -0.15) is 0 Å². The fourth-order valence-electron chi connectivity index (χ4n) is 0.537. The lowest BCUT2D eigenvalue weighted by Crippen LogP contribution is -2.10. The van der Waals surface area contributed by atoms with Crippen LogP contribution in [0.4, 0.5) is 0 Å². The molecule has 62 valence electrons. The van der Waals surface area contributed by atoms with E-state index in [1.165, 1.54) is 12.5 Å². The quantitative estimate of drug-likeness (QED) is 0.319. The van der Waals surface area contributed by atoms with Gasteiger partial charge in [0.2, 0.25) is 0 Å². The predicted molar refractivity (Wildman–Crippen MR) is 42.4 cm³/mol. The van der Waals surface area contributed by atoms with Crippen LogP contribution in [0, 0.1) is 0 Å². The second kappa shape index (κ2) is 7.21. The molecule has 0 aromatic heterocycles. The van der Waals surface area contributed by atoms with Crippen molar-refractivity contribution >= 4 is 9.76 Å². The molecule has 0 heterocycles. The van der Waals surface area contributed by atoms with E-state index in [9.17, 15) is 0 Å². The van der Waals surface area contributed by atoms with Crippen molar-refractivity contribution in [2.75, 3.05) is 6.61 Å².